The van der Waals surface area contributed by atoms with E-state index < -0.39 is 0 Å². The fraction of sp³-hybridized carbons (Fsp3) is 0.350. The van der Waals surface area contributed by atoms with Crippen molar-refractivity contribution in [1.82, 2.24) is 5.32 Å². The number of urea groups is 1. The third-order valence-electron chi connectivity index (χ3n) is 4.30. The van der Waals surface area contributed by atoms with E-state index in [1.165, 1.54) is 19.3 Å². The second-order valence-corrected chi connectivity index (χ2v) is 6.23. The number of carbonyl (C=O) groups excluding carboxylic acids is 1. The highest BCUT2D eigenvalue weighted by Gasteiger charge is 2.15. The largest absolute Gasteiger partial charge is 0.489 e. The van der Waals surface area contributed by atoms with Crippen LogP contribution in [0.5, 0.6) is 5.75 Å². The number of amides is 2. The Hall–Kier alpha value is -2.49. The van der Waals surface area contributed by atoms with Crippen LogP contribution in [0.1, 0.15) is 37.7 Å². The summed E-state index contributed by atoms with van der Waals surface area (Å²) >= 11 is 0. The lowest BCUT2D eigenvalue weighted by Crippen LogP contribution is -2.38. The van der Waals surface area contributed by atoms with Gasteiger partial charge in [-0.25, -0.2) is 4.79 Å². The molecule has 2 aromatic carbocycles. The molecule has 24 heavy (non-hydrogen) atoms. The Kier molecular flexibility index (Phi) is 5.72. The molecule has 0 aromatic heterocycles. The number of ether oxygens (including phenoxy) is 1. The van der Waals surface area contributed by atoms with Crippen LogP contribution in [0.4, 0.5) is 10.5 Å². The summed E-state index contributed by atoms with van der Waals surface area (Å²) in [7, 11) is 0. The highest BCUT2D eigenvalue weighted by Crippen LogP contribution is 2.19. The van der Waals surface area contributed by atoms with Gasteiger partial charge in [0.15, 0.2) is 0 Å². The quantitative estimate of drug-likeness (QED) is 0.836. The first-order valence-corrected chi connectivity index (χ1v) is 8.64. The number of anilines is 1. The Morgan fingerprint density at radius 1 is 0.958 bits per heavy atom. The van der Waals surface area contributed by atoms with Gasteiger partial charge in [0.2, 0.25) is 0 Å². The molecule has 4 heteroatoms. The number of hydrogen-bond donors (Lipinski definition) is 2. The molecule has 2 N–H and O–H groups in total. The molecule has 0 heterocycles. The number of benzene rings is 2. The van der Waals surface area contributed by atoms with E-state index >= 15 is 0 Å². The lowest BCUT2D eigenvalue weighted by molar-refractivity contribution is 0.244. The van der Waals surface area contributed by atoms with Gasteiger partial charge in [-0.1, -0.05) is 49.6 Å². The van der Waals surface area contributed by atoms with Crippen molar-refractivity contribution < 1.29 is 9.53 Å². The van der Waals surface area contributed by atoms with E-state index in [4.69, 9.17) is 4.74 Å². The molecular formula is C20H24N2O2. The van der Waals surface area contributed by atoms with E-state index in [1.54, 1.807) is 0 Å². The van der Waals surface area contributed by atoms with Gasteiger partial charge in [0.1, 0.15) is 12.4 Å². The summed E-state index contributed by atoms with van der Waals surface area (Å²) in [6.07, 6.45) is 5.86. The average Bonchev–Trinajstić information content (AvgIpc) is 2.63. The number of rotatable bonds is 5. The monoisotopic (exact) mass is 324 g/mol. The number of carbonyl (C=O) groups is 1. The van der Waals surface area contributed by atoms with E-state index in [0.29, 0.717) is 12.6 Å². The molecule has 1 fully saturated rings. The fourth-order valence-electron chi connectivity index (χ4n) is 2.97. The Balaban J connectivity index is 1.46. The van der Waals surface area contributed by atoms with Gasteiger partial charge in [0.05, 0.1) is 0 Å². The van der Waals surface area contributed by atoms with Crippen LogP contribution in [0, 0.1) is 0 Å². The molecule has 1 aliphatic carbocycles. The Morgan fingerprint density at radius 3 is 2.38 bits per heavy atom. The lowest BCUT2D eigenvalue weighted by Gasteiger charge is -2.22. The van der Waals surface area contributed by atoms with Gasteiger partial charge in [-0.3, -0.25) is 0 Å². The van der Waals surface area contributed by atoms with E-state index in [0.717, 1.165) is 29.8 Å². The minimum atomic E-state index is -0.125. The minimum Gasteiger partial charge on any atom is -0.489 e. The molecule has 2 aromatic rings. The lowest BCUT2D eigenvalue weighted by atomic mass is 9.96. The molecule has 2 amide bonds. The molecule has 126 valence electrons. The van der Waals surface area contributed by atoms with Gasteiger partial charge in [0.25, 0.3) is 0 Å². The van der Waals surface area contributed by atoms with Crippen LogP contribution in [-0.4, -0.2) is 12.1 Å². The zero-order valence-electron chi connectivity index (χ0n) is 13.8. The summed E-state index contributed by atoms with van der Waals surface area (Å²) in [4.78, 5) is 12.0. The number of hydrogen-bond acceptors (Lipinski definition) is 2. The van der Waals surface area contributed by atoms with E-state index in [2.05, 4.69) is 10.6 Å². The minimum absolute atomic E-state index is 0.125. The SMILES string of the molecule is O=C(Nc1ccc(OCc2ccccc2)cc1)NC1CCCCC1. The fourth-order valence-corrected chi connectivity index (χ4v) is 2.97. The third-order valence-corrected chi connectivity index (χ3v) is 4.30. The molecule has 4 nitrogen and oxygen atoms in total. The van der Waals surface area contributed by atoms with Crippen molar-refractivity contribution in [3.05, 3.63) is 60.2 Å². The van der Waals surface area contributed by atoms with Gasteiger partial charge in [0, 0.05) is 11.7 Å². The molecule has 0 bridgehead atoms. The first-order chi connectivity index (χ1) is 11.8. The zero-order valence-corrected chi connectivity index (χ0v) is 13.8. The van der Waals surface area contributed by atoms with Crippen molar-refractivity contribution in [2.24, 2.45) is 0 Å². The predicted molar refractivity (Wildman–Crippen MR) is 96.2 cm³/mol. The van der Waals surface area contributed by atoms with Crippen LogP contribution in [0.2, 0.25) is 0 Å². The topological polar surface area (TPSA) is 50.4 Å². The van der Waals surface area contributed by atoms with Gasteiger partial charge in [-0.2, -0.15) is 0 Å². The number of nitrogens with one attached hydrogen (secondary N) is 2. The summed E-state index contributed by atoms with van der Waals surface area (Å²) in [5.74, 6) is 0.789. The highest BCUT2D eigenvalue weighted by molar-refractivity contribution is 5.89. The molecule has 0 saturated heterocycles. The zero-order chi connectivity index (χ0) is 16.6. The van der Waals surface area contributed by atoms with Crippen molar-refractivity contribution in [3.63, 3.8) is 0 Å². The highest BCUT2D eigenvalue weighted by atomic mass is 16.5. The van der Waals surface area contributed by atoms with E-state index in [1.807, 2.05) is 54.6 Å². The predicted octanol–water partition coefficient (Wildman–Crippen LogP) is 4.72. The second kappa shape index (κ2) is 8.39. The van der Waals surface area contributed by atoms with E-state index in [9.17, 15) is 4.79 Å². The summed E-state index contributed by atoms with van der Waals surface area (Å²) < 4.78 is 5.75. The molecule has 0 aliphatic heterocycles. The Labute approximate surface area is 143 Å². The molecule has 1 saturated carbocycles. The van der Waals surface area contributed by atoms with Gasteiger partial charge in [-0.15, -0.1) is 0 Å². The first-order valence-electron chi connectivity index (χ1n) is 8.64. The molecule has 0 atom stereocenters. The maximum absolute atomic E-state index is 12.0. The second-order valence-electron chi connectivity index (χ2n) is 6.23. The van der Waals surface area contributed by atoms with Gasteiger partial charge >= 0.3 is 6.03 Å². The standard InChI is InChI=1S/C20H24N2O2/c23-20(21-17-9-5-2-6-10-17)22-18-11-13-19(14-12-18)24-15-16-7-3-1-4-8-16/h1,3-4,7-8,11-14,17H,2,5-6,9-10,15H2,(H2,21,22,23). The smallest absolute Gasteiger partial charge is 0.319 e. The maximum atomic E-state index is 12.0. The van der Waals surface area contributed by atoms with Crippen LogP contribution in [0.25, 0.3) is 0 Å². The van der Waals surface area contributed by atoms with Crippen molar-refractivity contribution in [1.29, 1.82) is 0 Å². The van der Waals surface area contributed by atoms with Crippen LogP contribution in [-0.2, 0) is 6.61 Å². The molecule has 3 rings (SSSR count). The Morgan fingerprint density at radius 2 is 1.67 bits per heavy atom. The normalized spacial score (nSPS) is 14.8. The molecule has 0 unspecified atom stereocenters. The summed E-state index contributed by atoms with van der Waals surface area (Å²) in [5.41, 5.74) is 1.90. The van der Waals surface area contributed by atoms with Gasteiger partial charge < -0.3 is 15.4 Å². The van der Waals surface area contributed by atoms with Crippen molar-refractivity contribution >= 4 is 11.7 Å². The van der Waals surface area contributed by atoms with Crippen molar-refractivity contribution in [3.8, 4) is 5.75 Å². The summed E-state index contributed by atoms with van der Waals surface area (Å²) in [6.45, 7) is 0.537. The molecular weight excluding hydrogens is 300 g/mol. The summed E-state index contributed by atoms with van der Waals surface area (Å²) in [5, 5.41) is 5.93. The Bertz CT molecular complexity index is 634. The molecule has 1 aliphatic rings. The molecule has 0 radical (unpaired) electrons. The van der Waals surface area contributed by atoms with Crippen LogP contribution in [0.3, 0.4) is 0 Å². The average molecular weight is 324 g/mol. The van der Waals surface area contributed by atoms with Crippen molar-refractivity contribution in [2.75, 3.05) is 5.32 Å². The van der Waals surface area contributed by atoms with Gasteiger partial charge in [-0.05, 0) is 42.7 Å². The van der Waals surface area contributed by atoms with Crippen molar-refractivity contribution in [2.45, 2.75) is 44.8 Å². The molecule has 0 spiro atoms. The first kappa shape index (κ1) is 16.4. The maximum Gasteiger partial charge on any atom is 0.319 e. The van der Waals surface area contributed by atoms with Crippen LogP contribution < -0.4 is 15.4 Å². The van der Waals surface area contributed by atoms with E-state index in [-0.39, 0.29) is 6.03 Å². The van der Waals surface area contributed by atoms with Crippen LogP contribution in [0.15, 0.2) is 54.6 Å². The third kappa shape index (κ3) is 5.01. The summed E-state index contributed by atoms with van der Waals surface area (Å²) in [6, 6.07) is 17.7. The van der Waals surface area contributed by atoms with Crippen LogP contribution >= 0.6 is 0 Å².